The van der Waals surface area contributed by atoms with Crippen molar-refractivity contribution in [2.24, 2.45) is 0 Å². The first kappa shape index (κ1) is 10.9. The standard InChI is InChI=1S/C10H11F3O/c1-7(10(11,12)13)8-5-3-4-6-9(8)14-2/h3-7H,1-2H3. The van der Waals surface area contributed by atoms with Crippen LogP contribution < -0.4 is 4.74 Å². The number of alkyl halides is 3. The summed E-state index contributed by atoms with van der Waals surface area (Å²) in [6.07, 6.45) is -4.23. The van der Waals surface area contributed by atoms with Gasteiger partial charge in [-0.1, -0.05) is 18.2 Å². The zero-order chi connectivity index (χ0) is 10.8. The topological polar surface area (TPSA) is 9.23 Å². The van der Waals surface area contributed by atoms with Crippen molar-refractivity contribution in [1.82, 2.24) is 0 Å². The van der Waals surface area contributed by atoms with Crippen LogP contribution in [0.15, 0.2) is 24.3 Å². The summed E-state index contributed by atoms with van der Waals surface area (Å²) < 4.78 is 42.0. The number of rotatable bonds is 2. The summed E-state index contributed by atoms with van der Waals surface area (Å²) in [5.41, 5.74) is 0.169. The molecular formula is C10H11F3O. The first-order valence-corrected chi connectivity index (χ1v) is 4.16. The summed E-state index contributed by atoms with van der Waals surface area (Å²) in [7, 11) is 1.36. The van der Waals surface area contributed by atoms with Crippen molar-refractivity contribution in [3.63, 3.8) is 0 Å². The van der Waals surface area contributed by atoms with Gasteiger partial charge in [0.15, 0.2) is 0 Å². The van der Waals surface area contributed by atoms with Gasteiger partial charge in [0.25, 0.3) is 0 Å². The molecule has 1 nitrogen and oxygen atoms in total. The van der Waals surface area contributed by atoms with Crippen LogP contribution in [0.4, 0.5) is 13.2 Å². The minimum Gasteiger partial charge on any atom is -0.496 e. The lowest BCUT2D eigenvalue weighted by Gasteiger charge is -2.18. The van der Waals surface area contributed by atoms with Crippen molar-refractivity contribution >= 4 is 0 Å². The molecular weight excluding hydrogens is 193 g/mol. The summed E-state index contributed by atoms with van der Waals surface area (Å²) >= 11 is 0. The highest BCUT2D eigenvalue weighted by Gasteiger charge is 2.38. The van der Waals surface area contributed by atoms with Gasteiger partial charge in [0, 0.05) is 5.56 Å². The van der Waals surface area contributed by atoms with Gasteiger partial charge in [-0.25, -0.2) is 0 Å². The average Bonchev–Trinajstić information content (AvgIpc) is 2.15. The van der Waals surface area contributed by atoms with Gasteiger partial charge >= 0.3 is 6.18 Å². The van der Waals surface area contributed by atoms with Crippen molar-refractivity contribution in [3.8, 4) is 5.75 Å². The first-order valence-electron chi connectivity index (χ1n) is 4.16. The fraction of sp³-hybridized carbons (Fsp3) is 0.400. The molecule has 0 amide bonds. The second-order valence-electron chi connectivity index (χ2n) is 3.01. The van der Waals surface area contributed by atoms with E-state index in [1.54, 1.807) is 12.1 Å². The van der Waals surface area contributed by atoms with E-state index in [-0.39, 0.29) is 11.3 Å². The molecule has 14 heavy (non-hydrogen) atoms. The Morgan fingerprint density at radius 3 is 2.29 bits per heavy atom. The fourth-order valence-corrected chi connectivity index (χ4v) is 1.20. The summed E-state index contributed by atoms with van der Waals surface area (Å²) in [4.78, 5) is 0. The molecule has 0 aromatic heterocycles. The van der Waals surface area contributed by atoms with Crippen molar-refractivity contribution in [1.29, 1.82) is 0 Å². The van der Waals surface area contributed by atoms with E-state index in [4.69, 9.17) is 4.74 Å². The van der Waals surface area contributed by atoms with Crippen LogP contribution in [-0.2, 0) is 0 Å². The Bertz CT molecular complexity index is 306. The van der Waals surface area contributed by atoms with Gasteiger partial charge in [-0.15, -0.1) is 0 Å². The van der Waals surface area contributed by atoms with E-state index >= 15 is 0 Å². The zero-order valence-corrected chi connectivity index (χ0v) is 7.93. The smallest absolute Gasteiger partial charge is 0.395 e. The van der Waals surface area contributed by atoms with Gasteiger partial charge in [-0.3, -0.25) is 0 Å². The van der Waals surface area contributed by atoms with Crippen LogP contribution in [0.5, 0.6) is 5.75 Å². The molecule has 4 heteroatoms. The van der Waals surface area contributed by atoms with E-state index in [2.05, 4.69) is 0 Å². The van der Waals surface area contributed by atoms with E-state index in [1.807, 2.05) is 0 Å². The van der Waals surface area contributed by atoms with E-state index < -0.39 is 12.1 Å². The van der Waals surface area contributed by atoms with E-state index in [0.717, 1.165) is 6.92 Å². The second kappa shape index (κ2) is 3.90. The Morgan fingerprint density at radius 2 is 1.79 bits per heavy atom. The lowest BCUT2D eigenvalue weighted by molar-refractivity contribution is -0.146. The molecule has 1 unspecified atom stereocenters. The number of ether oxygens (including phenoxy) is 1. The SMILES string of the molecule is COc1ccccc1C(C)C(F)(F)F. The predicted molar refractivity (Wildman–Crippen MR) is 47.5 cm³/mol. The van der Waals surface area contributed by atoms with Crippen molar-refractivity contribution in [2.75, 3.05) is 7.11 Å². The number of hydrogen-bond donors (Lipinski definition) is 0. The summed E-state index contributed by atoms with van der Waals surface area (Å²) in [6.45, 7) is 1.12. The van der Waals surface area contributed by atoms with Crippen LogP contribution in [0.25, 0.3) is 0 Å². The molecule has 1 rings (SSSR count). The van der Waals surface area contributed by atoms with Crippen molar-refractivity contribution < 1.29 is 17.9 Å². The molecule has 0 radical (unpaired) electrons. The second-order valence-corrected chi connectivity index (χ2v) is 3.01. The lowest BCUT2D eigenvalue weighted by atomic mass is 10.00. The molecule has 0 fully saturated rings. The van der Waals surface area contributed by atoms with Crippen LogP contribution >= 0.6 is 0 Å². The first-order chi connectivity index (χ1) is 6.46. The molecule has 78 valence electrons. The quantitative estimate of drug-likeness (QED) is 0.717. The van der Waals surface area contributed by atoms with Crippen LogP contribution in [0.2, 0.25) is 0 Å². The third-order valence-corrected chi connectivity index (χ3v) is 2.10. The van der Waals surface area contributed by atoms with Crippen LogP contribution in [0.3, 0.4) is 0 Å². The third-order valence-electron chi connectivity index (χ3n) is 2.10. The fourth-order valence-electron chi connectivity index (χ4n) is 1.20. The maximum Gasteiger partial charge on any atom is 0.395 e. The minimum absolute atomic E-state index is 0.169. The summed E-state index contributed by atoms with van der Waals surface area (Å²) in [5, 5.41) is 0. The predicted octanol–water partition coefficient (Wildman–Crippen LogP) is 3.36. The normalized spacial score (nSPS) is 13.8. The molecule has 0 N–H and O–H groups in total. The number of methoxy groups -OCH3 is 1. The van der Waals surface area contributed by atoms with Gasteiger partial charge < -0.3 is 4.74 Å². The molecule has 0 heterocycles. The minimum atomic E-state index is -4.23. The highest BCUT2D eigenvalue weighted by atomic mass is 19.4. The Kier molecular flexibility index (Phi) is 3.03. The lowest BCUT2D eigenvalue weighted by Crippen LogP contribution is -2.18. The maximum atomic E-state index is 12.4. The van der Waals surface area contributed by atoms with Gasteiger partial charge in [0.2, 0.25) is 0 Å². The average molecular weight is 204 g/mol. The van der Waals surface area contributed by atoms with E-state index in [1.165, 1.54) is 19.2 Å². The van der Waals surface area contributed by atoms with E-state index in [9.17, 15) is 13.2 Å². The van der Waals surface area contributed by atoms with Gasteiger partial charge in [-0.2, -0.15) is 13.2 Å². The molecule has 0 saturated carbocycles. The molecule has 1 aromatic rings. The molecule has 0 aliphatic carbocycles. The highest BCUT2D eigenvalue weighted by Crippen LogP contribution is 2.38. The molecule has 0 aliphatic rings. The third kappa shape index (κ3) is 2.19. The van der Waals surface area contributed by atoms with Crippen molar-refractivity contribution in [2.45, 2.75) is 19.0 Å². The zero-order valence-electron chi connectivity index (χ0n) is 7.93. The Balaban J connectivity index is 3.06. The molecule has 1 atom stereocenters. The number of hydrogen-bond acceptors (Lipinski definition) is 1. The number of halogens is 3. The molecule has 0 saturated heterocycles. The van der Waals surface area contributed by atoms with Gasteiger partial charge in [0.05, 0.1) is 13.0 Å². The molecule has 1 aromatic carbocycles. The molecule has 0 aliphatic heterocycles. The molecule has 0 bridgehead atoms. The monoisotopic (exact) mass is 204 g/mol. The maximum absolute atomic E-state index is 12.4. The van der Waals surface area contributed by atoms with Crippen LogP contribution in [0.1, 0.15) is 18.4 Å². The van der Waals surface area contributed by atoms with Gasteiger partial charge in [-0.05, 0) is 13.0 Å². The van der Waals surface area contributed by atoms with Crippen LogP contribution in [-0.4, -0.2) is 13.3 Å². The van der Waals surface area contributed by atoms with Crippen LogP contribution in [0, 0.1) is 0 Å². The summed E-state index contributed by atoms with van der Waals surface area (Å²) in [5.74, 6) is -1.23. The van der Waals surface area contributed by atoms with E-state index in [0.29, 0.717) is 0 Å². The Morgan fingerprint density at radius 1 is 1.21 bits per heavy atom. The Hall–Kier alpha value is -1.19. The Labute approximate surface area is 80.5 Å². The number of para-hydroxylation sites is 1. The summed E-state index contributed by atoms with van der Waals surface area (Å²) in [6, 6.07) is 6.17. The highest BCUT2D eigenvalue weighted by molar-refractivity contribution is 5.36. The van der Waals surface area contributed by atoms with Crippen molar-refractivity contribution in [3.05, 3.63) is 29.8 Å². The molecule has 0 spiro atoms. The number of benzene rings is 1. The largest absolute Gasteiger partial charge is 0.496 e. The van der Waals surface area contributed by atoms with Gasteiger partial charge in [0.1, 0.15) is 5.75 Å².